The van der Waals surface area contributed by atoms with Gasteiger partial charge in [0.25, 0.3) is 0 Å². The Morgan fingerprint density at radius 2 is 2.04 bits per heavy atom. The van der Waals surface area contributed by atoms with Crippen LogP contribution in [0.1, 0.15) is 41.5 Å². The van der Waals surface area contributed by atoms with Crippen LogP contribution in [0, 0.1) is 0 Å². The Bertz CT molecular complexity index is 831. The van der Waals surface area contributed by atoms with Gasteiger partial charge in [-0.15, -0.1) is 11.3 Å². The van der Waals surface area contributed by atoms with E-state index in [-0.39, 0.29) is 6.04 Å². The van der Waals surface area contributed by atoms with E-state index >= 15 is 0 Å². The van der Waals surface area contributed by atoms with Crippen LogP contribution in [0.3, 0.4) is 0 Å². The summed E-state index contributed by atoms with van der Waals surface area (Å²) in [4.78, 5) is 3.90. The van der Waals surface area contributed by atoms with Gasteiger partial charge in [-0.2, -0.15) is 0 Å². The number of likely N-dealkylation sites (tertiary alicyclic amines) is 1. The molecule has 0 aliphatic carbocycles. The van der Waals surface area contributed by atoms with E-state index in [1.165, 1.54) is 43.8 Å². The third kappa shape index (κ3) is 3.65. The number of aryl methyl sites for hydroxylation is 1. The minimum absolute atomic E-state index is 0.305. The van der Waals surface area contributed by atoms with Crippen molar-refractivity contribution >= 4 is 22.3 Å². The van der Waals surface area contributed by atoms with E-state index in [9.17, 15) is 0 Å². The second kappa shape index (κ2) is 7.82. The molecule has 1 aliphatic rings. The number of ether oxygens (including phenoxy) is 1. The summed E-state index contributed by atoms with van der Waals surface area (Å²) in [6, 6.07) is 11.9. The minimum Gasteiger partial charge on any atom is -0.487 e. The van der Waals surface area contributed by atoms with E-state index < -0.39 is 0 Å². The summed E-state index contributed by atoms with van der Waals surface area (Å²) in [6.45, 7) is 3.71. The zero-order valence-electron chi connectivity index (χ0n) is 15.2. The van der Waals surface area contributed by atoms with Gasteiger partial charge in [-0.05, 0) is 63.5 Å². The maximum absolute atomic E-state index is 6.52. The summed E-state index contributed by atoms with van der Waals surface area (Å²) in [7, 11) is 1.72. The number of benzene rings is 1. The van der Waals surface area contributed by atoms with Gasteiger partial charge in [0.05, 0.1) is 13.2 Å². The molecule has 3 heterocycles. The van der Waals surface area contributed by atoms with Crippen molar-refractivity contribution in [1.29, 1.82) is 0 Å². The van der Waals surface area contributed by atoms with E-state index in [4.69, 9.17) is 14.9 Å². The van der Waals surface area contributed by atoms with Crippen molar-refractivity contribution in [3.8, 4) is 5.06 Å². The lowest BCUT2D eigenvalue weighted by Crippen LogP contribution is -2.20. The summed E-state index contributed by atoms with van der Waals surface area (Å²) < 4.78 is 11.6. The van der Waals surface area contributed by atoms with Crippen molar-refractivity contribution in [2.24, 2.45) is 5.73 Å². The first-order valence-corrected chi connectivity index (χ1v) is 10.2. The second-order valence-corrected chi connectivity index (χ2v) is 8.08. The number of nitrogens with two attached hydrogens (primary N) is 1. The fraction of sp³-hybridized carbons (Fsp3) is 0.429. The molecule has 0 radical (unpaired) electrons. The van der Waals surface area contributed by atoms with Crippen molar-refractivity contribution < 1.29 is 9.15 Å². The molecule has 0 spiro atoms. The van der Waals surface area contributed by atoms with Gasteiger partial charge in [0.2, 0.25) is 0 Å². The van der Waals surface area contributed by atoms with Gasteiger partial charge in [-0.3, -0.25) is 0 Å². The molecule has 1 atom stereocenters. The quantitative estimate of drug-likeness (QED) is 0.661. The fourth-order valence-electron chi connectivity index (χ4n) is 3.73. The van der Waals surface area contributed by atoms with E-state index in [0.29, 0.717) is 0 Å². The van der Waals surface area contributed by atoms with E-state index in [2.05, 4.69) is 11.0 Å². The largest absolute Gasteiger partial charge is 0.487 e. The maximum Gasteiger partial charge on any atom is 0.178 e. The first kappa shape index (κ1) is 17.6. The van der Waals surface area contributed by atoms with Gasteiger partial charge in [0.15, 0.2) is 5.06 Å². The molecule has 5 heteroatoms. The molecular formula is C21H26N2O2S. The number of thiophene rings is 1. The van der Waals surface area contributed by atoms with Crippen molar-refractivity contribution in [2.75, 3.05) is 26.7 Å². The monoisotopic (exact) mass is 370 g/mol. The molecule has 1 aromatic carbocycles. The Hall–Kier alpha value is -1.82. The molecular weight excluding hydrogens is 344 g/mol. The lowest BCUT2D eigenvalue weighted by atomic mass is 10.1. The average molecular weight is 371 g/mol. The van der Waals surface area contributed by atoms with Crippen LogP contribution in [0.25, 0.3) is 11.0 Å². The zero-order valence-corrected chi connectivity index (χ0v) is 16.1. The molecule has 1 saturated heterocycles. The van der Waals surface area contributed by atoms with Gasteiger partial charge in [-0.1, -0.05) is 18.2 Å². The highest BCUT2D eigenvalue weighted by Crippen LogP contribution is 2.38. The minimum atomic E-state index is -0.305. The number of furan rings is 1. The maximum atomic E-state index is 6.52. The van der Waals surface area contributed by atoms with Gasteiger partial charge < -0.3 is 19.8 Å². The normalized spacial score (nSPS) is 16.4. The van der Waals surface area contributed by atoms with Crippen LogP contribution in [0.4, 0.5) is 0 Å². The molecule has 2 N–H and O–H groups in total. The molecule has 1 aliphatic heterocycles. The number of hydrogen-bond acceptors (Lipinski definition) is 5. The van der Waals surface area contributed by atoms with Crippen molar-refractivity contribution in [1.82, 2.24) is 4.90 Å². The first-order chi connectivity index (χ1) is 12.7. The lowest BCUT2D eigenvalue weighted by Gasteiger charge is -2.13. The highest BCUT2D eigenvalue weighted by atomic mass is 32.1. The molecule has 138 valence electrons. The summed E-state index contributed by atoms with van der Waals surface area (Å²) in [5, 5.41) is 1.98. The predicted octanol–water partition coefficient (Wildman–Crippen LogP) is 4.58. The lowest BCUT2D eigenvalue weighted by molar-refractivity contribution is 0.334. The van der Waals surface area contributed by atoms with Gasteiger partial charge >= 0.3 is 0 Å². The molecule has 3 aromatic rings. The number of hydrogen-bond donors (Lipinski definition) is 1. The molecule has 26 heavy (non-hydrogen) atoms. The highest BCUT2D eigenvalue weighted by molar-refractivity contribution is 7.14. The van der Waals surface area contributed by atoms with Crippen LogP contribution < -0.4 is 10.5 Å². The molecule has 0 amide bonds. The molecule has 1 unspecified atom stereocenters. The first-order valence-electron chi connectivity index (χ1n) is 9.37. The number of rotatable bonds is 7. The van der Waals surface area contributed by atoms with Crippen LogP contribution in [-0.4, -0.2) is 31.6 Å². The summed E-state index contributed by atoms with van der Waals surface area (Å²) >= 11 is 1.71. The molecule has 0 saturated carbocycles. The van der Waals surface area contributed by atoms with Crippen molar-refractivity contribution in [3.63, 3.8) is 0 Å². The van der Waals surface area contributed by atoms with Crippen LogP contribution in [-0.2, 0) is 6.42 Å². The Kier molecular flexibility index (Phi) is 5.29. The highest BCUT2D eigenvalue weighted by Gasteiger charge is 2.21. The van der Waals surface area contributed by atoms with Crippen LogP contribution in [0.2, 0.25) is 0 Å². The molecule has 4 nitrogen and oxygen atoms in total. The number of methoxy groups -OCH3 is 1. The van der Waals surface area contributed by atoms with E-state index in [1.807, 2.05) is 30.3 Å². The van der Waals surface area contributed by atoms with Gasteiger partial charge in [0, 0.05) is 15.8 Å². The second-order valence-electron chi connectivity index (χ2n) is 6.98. The Balaban J connectivity index is 1.48. The smallest absolute Gasteiger partial charge is 0.178 e. The standard InChI is InChI=1S/C21H26N2O2S/c1-24-21-17(14-16(26-21)8-6-12-23-10-4-5-11-23)20(22)19-13-15-7-2-3-9-18(15)25-19/h2-3,7,9,13-14,20H,4-6,8,10-12,22H2,1H3. The molecule has 1 fully saturated rings. The summed E-state index contributed by atoms with van der Waals surface area (Å²) in [5.74, 6) is 0.783. The molecule has 4 rings (SSSR count). The van der Waals surface area contributed by atoms with E-state index in [0.717, 1.165) is 33.8 Å². The Labute approximate surface area is 158 Å². The van der Waals surface area contributed by atoms with Crippen molar-refractivity contribution in [2.45, 2.75) is 31.7 Å². The van der Waals surface area contributed by atoms with Crippen LogP contribution >= 0.6 is 11.3 Å². The number of fused-ring (bicyclic) bond motifs is 1. The Morgan fingerprint density at radius 3 is 2.81 bits per heavy atom. The molecule has 2 aromatic heterocycles. The van der Waals surface area contributed by atoms with E-state index in [1.54, 1.807) is 18.4 Å². The van der Waals surface area contributed by atoms with Crippen LogP contribution in [0.15, 0.2) is 40.8 Å². The summed E-state index contributed by atoms with van der Waals surface area (Å²) in [5.41, 5.74) is 8.42. The topological polar surface area (TPSA) is 51.6 Å². The van der Waals surface area contributed by atoms with Crippen molar-refractivity contribution in [3.05, 3.63) is 52.6 Å². The van der Waals surface area contributed by atoms with Gasteiger partial charge in [-0.25, -0.2) is 0 Å². The average Bonchev–Trinajstić information content (AvgIpc) is 3.40. The fourth-order valence-corrected chi connectivity index (χ4v) is 4.79. The number of para-hydroxylation sites is 1. The van der Waals surface area contributed by atoms with Crippen LogP contribution in [0.5, 0.6) is 5.06 Å². The molecule has 0 bridgehead atoms. The Morgan fingerprint density at radius 1 is 1.23 bits per heavy atom. The SMILES string of the molecule is COc1sc(CCCN2CCCC2)cc1C(N)c1cc2ccccc2o1. The van der Waals surface area contributed by atoms with Gasteiger partial charge in [0.1, 0.15) is 11.3 Å². The predicted molar refractivity (Wildman–Crippen MR) is 107 cm³/mol. The summed E-state index contributed by atoms with van der Waals surface area (Å²) in [6.07, 6.45) is 4.96. The third-order valence-electron chi connectivity index (χ3n) is 5.14. The number of nitrogens with zero attached hydrogens (tertiary/aromatic N) is 1. The zero-order chi connectivity index (χ0) is 17.9. The third-order valence-corrected chi connectivity index (χ3v) is 6.32.